The summed E-state index contributed by atoms with van der Waals surface area (Å²) >= 11 is 5.97. The maximum absolute atomic E-state index is 11.9. The summed E-state index contributed by atoms with van der Waals surface area (Å²) in [6, 6.07) is 16.6. The standard InChI is InChI=1S/C20H19ClN4O2/c21-16-9-4-5-10-17(16)24-20(27)19(26)23-11-6-13-25-14-12-22-18(25)15-7-2-1-3-8-15/h1-5,7-10,12,14H,6,11,13H2,(H,23,26)(H,24,27). The van der Waals surface area contributed by atoms with E-state index in [1.54, 1.807) is 30.5 Å². The summed E-state index contributed by atoms with van der Waals surface area (Å²) in [4.78, 5) is 28.2. The summed E-state index contributed by atoms with van der Waals surface area (Å²) in [7, 11) is 0. The van der Waals surface area contributed by atoms with Crippen LogP contribution in [0.15, 0.2) is 67.0 Å². The molecule has 7 heteroatoms. The number of carbonyl (C=O) groups excluding carboxylic acids is 2. The van der Waals surface area contributed by atoms with Crippen molar-refractivity contribution in [1.82, 2.24) is 14.9 Å². The Morgan fingerprint density at radius 3 is 2.52 bits per heavy atom. The molecule has 138 valence electrons. The van der Waals surface area contributed by atoms with Crippen molar-refractivity contribution in [2.75, 3.05) is 11.9 Å². The number of rotatable bonds is 6. The van der Waals surface area contributed by atoms with Crippen LogP contribution in [-0.2, 0) is 16.1 Å². The number of benzene rings is 2. The van der Waals surface area contributed by atoms with E-state index in [-0.39, 0.29) is 0 Å². The molecule has 0 radical (unpaired) electrons. The summed E-state index contributed by atoms with van der Waals surface area (Å²) in [5, 5.41) is 5.49. The highest BCUT2D eigenvalue weighted by Gasteiger charge is 2.14. The molecular formula is C20H19ClN4O2. The van der Waals surface area contributed by atoms with Crippen LogP contribution in [0.3, 0.4) is 0 Å². The quantitative estimate of drug-likeness (QED) is 0.507. The van der Waals surface area contributed by atoms with E-state index < -0.39 is 11.8 Å². The van der Waals surface area contributed by atoms with Gasteiger partial charge < -0.3 is 15.2 Å². The van der Waals surface area contributed by atoms with Crippen molar-refractivity contribution in [1.29, 1.82) is 0 Å². The van der Waals surface area contributed by atoms with Crippen LogP contribution in [0.5, 0.6) is 0 Å². The Kier molecular flexibility index (Phi) is 6.22. The van der Waals surface area contributed by atoms with Gasteiger partial charge in [0.05, 0.1) is 10.7 Å². The van der Waals surface area contributed by atoms with Gasteiger partial charge in [0.25, 0.3) is 0 Å². The minimum atomic E-state index is -0.740. The van der Waals surface area contributed by atoms with Crippen LogP contribution >= 0.6 is 11.6 Å². The molecule has 6 nitrogen and oxygen atoms in total. The van der Waals surface area contributed by atoms with Gasteiger partial charge in [0.2, 0.25) is 0 Å². The van der Waals surface area contributed by atoms with Gasteiger partial charge in [-0.2, -0.15) is 0 Å². The molecule has 3 rings (SSSR count). The number of carbonyl (C=O) groups is 2. The smallest absolute Gasteiger partial charge is 0.313 e. The zero-order valence-electron chi connectivity index (χ0n) is 14.6. The Hall–Kier alpha value is -3.12. The number of anilines is 1. The van der Waals surface area contributed by atoms with Gasteiger partial charge in [-0.3, -0.25) is 9.59 Å². The van der Waals surface area contributed by atoms with Crippen molar-refractivity contribution in [2.24, 2.45) is 0 Å². The summed E-state index contributed by atoms with van der Waals surface area (Å²) in [5.74, 6) is -0.557. The number of para-hydroxylation sites is 1. The average Bonchev–Trinajstić information content (AvgIpc) is 3.16. The number of nitrogens with zero attached hydrogens (tertiary/aromatic N) is 2. The van der Waals surface area contributed by atoms with E-state index >= 15 is 0 Å². The third kappa shape index (κ3) is 4.95. The first-order valence-electron chi connectivity index (χ1n) is 8.55. The predicted molar refractivity (Wildman–Crippen MR) is 105 cm³/mol. The zero-order valence-corrected chi connectivity index (χ0v) is 15.3. The summed E-state index contributed by atoms with van der Waals surface area (Å²) in [6.07, 6.45) is 4.31. The molecule has 3 aromatic rings. The number of hydrogen-bond acceptors (Lipinski definition) is 3. The lowest BCUT2D eigenvalue weighted by Crippen LogP contribution is -2.36. The summed E-state index contributed by atoms with van der Waals surface area (Å²) < 4.78 is 2.02. The van der Waals surface area contributed by atoms with Gasteiger partial charge in [0.15, 0.2) is 0 Å². The maximum Gasteiger partial charge on any atom is 0.313 e. The SMILES string of the molecule is O=C(NCCCn1ccnc1-c1ccccc1)C(=O)Nc1ccccc1Cl. The molecule has 0 aliphatic heterocycles. The Morgan fingerprint density at radius 2 is 1.74 bits per heavy atom. The second kappa shape index (κ2) is 9.00. The largest absolute Gasteiger partial charge is 0.348 e. The normalized spacial score (nSPS) is 10.4. The lowest BCUT2D eigenvalue weighted by atomic mass is 10.2. The first-order valence-corrected chi connectivity index (χ1v) is 8.93. The number of amides is 2. The number of hydrogen-bond donors (Lipinski definition) is 2. The van der Waals surface area contributed by atoms with E-state index in [1.165, 1.54) is 0 Å². The number of nitrogens with one attached hydrogen (secondary N) is 2. The molecule has 0 aliphatic carbocycles. The second-order valence-corrected chi connectivity index (χ2v) is 6.26. The van der Waals surface area contributed by atoms with Crippen LogP contribution in [0.4, 0.5) is 5.69 Å². The fourth-order valence-corrected chi connectivity index (χ4v) is 2.79. The van der Waals surface area contributed by atoms with E-state index in [9.17, 15) is 9.59 Å². The predicted octanol–water partition coefficient (Wildman–Crippen LogP) is 3.35. The topological polar surface area (TPSA) is 76.0 Å². The highest BCUT2D eigenvalue weighted by molar-refractivity contribution is 6.41. The molecular weight excluding hydrogens is 364 g/mol. The van der Waals surface area contributed by atoms with Gasteiger partial charge in [-0.05, 0) is 18.6 Å². The van der Waals surface area contributed by atoms with E-state index in [1.807, 2.05) is 41.1 Å². The molecule has 0 saturated carbocycles. The number of imidazole rings is 1. The molecule has 0 bridgehead atoms. The molecule has 2 amide bonds. The maximum atomic E-state index is 11.9. The van der Waals surface area contributed by atoms with Gasteiger partial charge >= 0.3 is 11.8 Å². The van der Waals surface area contributed by atoms with E-state index in [0.29, 0.717) is 30.2 Å². The lowest BCUT2D eigenvalue weighted by Gasteiger charge is -2.09. The highest BCUT2D eigenvalue weighted by atomic mass is 35.5. The van der Waals surface area contributed by atoms with Crippen molar-refractivity contribution in [3.63, 3.8) is 0 Å². The molecule has 2 N–H and O–H groups in total. The molecule has 0 aliphatic rings. The van der Waals surface area contributed by atoms with Crippen LogP contribution in [-0.4, -0.2) is 27.9 Å². The first kappa shape index (κ1) is 18.7. The van der Waals surface area contributed by atoms with E-state index in [2.05, 4.69) is 15.6 Å². The molecule has 0 spiro atoms. The van der Waals surface area contributed by atoms with E-state index in [4.69, 9.17) is 11.6 Å². The summed E-state index contributed by atoms with van der Waals surface area (Å²) in [5.41, 5.74) is 1.44. The van der Waals surface area contributed by atoms with Gasteiger partial charge in [0, 0.05) is 31.0 Å². The van der Waals surface area contributed by atoms with Crippen LogP contribution in [0.25, 0.3) is 11.4 Å². The van der Waals surface area contributed by atoms with Gasteiger partial charge in [-0.15, -0.1) is 0 Å². The fraction of sp³-hybridized carbons (Fsp3) is 0.150. The van der Waals surface area contributed by atoms with Crippen LogP contribution < -0.4 is 10.6 Å². The van der Waals surface area contributed by atoms with Crippen LogP contribution in [0, 0.1) is 0 Å². The number of aryl methyl sites for hydroxylation is 1. The van der Waals surface area contributed by atoms with Crippen LogP contribution in [0.1, 0.15) is 6.42 Å². The second-order valence-electron chi connectivity index (χ2n) is 5.85. The monoisotopic (exact) mass is 382 g/mol. The number of halogens is 1. The Labute approximate surface area is 162 Å². The Bertz CT molecular complexity index is 924. The molecule has 0 saturated heterocycles. The van der Waals surface area contributed by atoms with E-state index in [0.717, 1.165) is 11.4 Å². The van der Waals surface area contributed by atoms with Gasteiger partial charge in [-0.1, -0.05) is 54.1 Å². The minimum absolute atomic E-state index is 0.376. The molecule has 1 aromatic heterocycles. The summed E-state index contributed by atoms with van der Waals surface area (Å²) in [6.45, 7) is 1.05. The average molecular weight is 383 g/mol. The van der Waals surface area contributed by atoms with Gasteiger partial charge in [-0.25, -0.2) is 4.98 Å². The lowest BCUT2D eigenvalue weighted by molar-refractivity contribution is -0.136. The Balaban J connectivity index is 1.47. The minimum Gasteiger partial charge on any atom is -0.348 e. The van der Waals surface area contributed by atoms with Crippen LogP contribution in [0.2, 0.25) is 5.02 Å². The third-order valence-corrected chi connectivity index (χ3v) is 4.27. The van der Waals surface area contributed by atoms with Crippen molar-refractivity contribution in [3.05, 3.63) is 72.0 Å². The third-order valence-electron chi connectivity index (χ3n) is 3.94. The number of aromatic nitrogens is 2. The molecule has 27 heavy (non-hydrogen) atoms. The zero-order chi connectivity index (χ0) is 19.1. The molecule has 0 unspecified atom stereocenters. The molecule has 2 aromatic carbocycles. The van der Waals surface area contributed by atoms with Crippen molar-refractivity contribution >= 4 is 29.1 Å². The van der Waals surface area contributed by atoms with Crippen molar-refractivity contribution < 1.29 is 9.59 Å². The highest BCUT2D eigenvalue weighted by Crippen LogP contribution is 2.20. The first-order chi connectivity index (χ1) is 13.1. The Morgan fingerprint density at radius 1 is 1.00 bits per heavy atom. The van der Waals surface area contributed by atoms with Crippen molar-refractivity contribution in [3.8, 4) is 11.4 Å². The fourth-order valence-electron chi connectivity index (χ4n) is 2.61. The molecule has 0 atom stereocenters. The van der Waals surface area contributed by atoms with Gasteiger partial charge in [0.1, 0.15) is 5.82 Å². The molecule has 1 heterocycles. The van der Waals surface area contributed by atoms with Crippen molar-refractivity contribution in [2.45, 2.75) is 13.0 Å². The molecule has 0 fully saturated rings.